The molecule has 22 heavy (non-hydrogen) atoms. The van der Waals surface area contributed by atoms with Crippen LogP contribution in [0.5, 0.6) is 11.5 Å². The fourth-order valence-electron chi connectivity index (χ4n) is 1.76. The molecule has 11 heteroatoms. The molecule has 0 bridgehead atoms. The molecule has 0 aromatic heterocycles. The summed E-state index contributed by atoms with van der Waals surface area (Å²) in [6.07, 6.45) is 0. The zero-order valence-electron chi connectivity index (χ0n) is 12.0. The van der Waals surface area contributed by atoms with Crippen LogP contribution in [0.15, 0.2) is 29.2 Å². The minimum atomic E-state index is -4.65. The second kappa shape index (κ2) is 8.43. The molecule has 1 unspecified atom stereocenters. The number of hydrogen-bond donors (Lipinski definition) is 1. The summed E-state index contributed by atoms with van der Waals surface area (Å²) in [6, 6.07) is 4.60. The van der Waals surface area contributed by atoms with Gasteiger partial charge in [-0.3, -0.25) is 0 Å². The first kappa shape index (κ1) is 22.3. The molecule has 0 saturated heterocycles. The Morgan fingerprint density at radius 3 is 2.32 bits per heavy atom. The van der Waals surface area contributed by atoms with Crippen LogP contribution in [0.25, 0.3) is 10.8 Å². The van der Waals surface area contributed by atoms with Crippen molar-refractivity contribution in [3.63, 3.8) is 0 Å². The third-order valence-electron chi connectivity index (χ3n) is 2.74. The molecule has 108 valence electrons. The maximum absolute atomic E-state index is 10.9. The van der Waals surface area contributed by atoms with Crippen LogP contribution in [0.4, 0.5) is 0 Å². The number of benzene rings is 2. The van der Waals surface area contributed by atoms with Crippen molar-refractivity contribution in [3.05, 3.63) is 29.8 Å². The Kier molecular flexibility index (Phi) is 8.55. The zero-order valence-corrected chi connectivity index (χ0v) is 17.7. The van der Waals surface area contributed by atoms with E-state index in [2.05, 4.69) is 4.18 Å². The first-order valence-corrected chi connectivity index (χ1v) is 7.61. The van der Waals surface area contributed by atoms with Crippen LogP contribution in [0, 0.1) is 6.92 Å². The van der Waals surface area contributed by atoms with Crippen LogP contribution < -0.4 is 63.3 Å². The van der Waals surface area contributed by atoms with Gasteiger partial charge >= 0.3 is 59.1 Å². The number of fused-ring (bicyclic) bond motifs is 1. The van der Waals surface area contributed by atoms with Crippen LogP contribution in [0.1, 0.15) is 5.56 Å². The molecule has 0 aliphatic carbocycles. The Bertz CT molecular complexity index is 821. The molecule has 2 rings (SSSR count). The normalized spacial score (nSPS) is 12.1. The van der Waals surface area contributed by atoms with Gasteiger partial charge in [0.05, 0.1) is 4.90 Å². The molecule has 1 N–H and O–H groups in total. The van der Waals surface area contributed by atoms with Gasteiger partial charge in [-0.15, -0.1) is 0 Å². The summed E-state index contributed by atoms with van der Waals surface area (Å²) >= 11 is -2.84. The van der Waals surface area contributed by atoms with Gasteiger partial charge in [-0.1, -0.05) is 0 Å². The van der Waals surface area contributed by atoms with E-state index in [9.17, 15) is 26.8 Å². The average molecular weight is 362 g/mol. The van der Waals surface area contributed by atoms with Crippen LogP contribution >= 0.6 is 0 Å². The third kappa shape index (κ3) is 4.91. The van der Waals surface area contributed by atoms with Crippen LogP contribution in [0.3, 0.4) is 0 Å². The van der Waals surface area contributed by atoms with Gasteiger partial charge in [-0.2, -0.15) is 0 Å². The summed E-state index contributed by atoms with van der Waals surface area (Å²) in [5, 5.41) is 10.4. The Labute approximate surface area is 173 Å². The number of hydrogen-bond acceptors (Lipinski definition) is 7. The van der Waals surface area contributed by atoms with Gasteiger partial charge in [-0.25, -0.2) is 12.6 Å². The van der Waals surface area contributed by atoms with Crippen molar-refractivity contribution in [2.45, 2.75) is 11.8 Å². The molecule has 0 spiro atoms. The van der Waals surface area contributed by atoms with E-state index in [1.165, 1.54) is 19.1 Å². The summed E-state index contributed by atoms with van der Waals surface area (Å²) < 4.78 is 58.4. The minimum Gasteiger partial charge on any atom is -0.744 e. The first-order chi connectivity index (χ1) is 9.20. The van der Waals surface area contributed by atoms with E-state index in [0.29, 0.717) is 0 Å². The third-order valence-corrected chi connectivity index (χ3v) is 3.88. The van der Waals surface area contributed by atoms with Gasteiger partial charge in [0.15, 0.2) is 0 Å². The van der Waals surface area contributed by atoms with Crippen molar-refractivity contribution in [3.8, 4) is 11.5 Å². The molecule has 0 saturated carbocycles. The van der Waals surface area contributed by atoms with Gasteiger partial charge in [-0.05, 0) is 36.6 Å². The van der Waals surface area contributed by atoms with E-state index in [4.69, 9.17) is 0 Å². The molecular formula is C11H8Na2O7S2. The Balaban J connectivity index is 0.00000220. The summed E-state index contributed by atoms with van der Waals surface area (Å²) in [5.41, 5.74) is 0.180. The Hall–Kier alpha value is 0.320. The number of rotatable bonds is 3. The Morgan fingerprint density at radius 2 is 1.82 bits per heavy atom. The van der Waals surface area contributed by atoms with Crippen molar-refractivity contribution in [2.75, 3.05) is 0 Å². The van der Waals surface area contributed by atoms with Gasteiger partial charge in [0, 0.05) is 10.9 Å². The standard InChI is InChI=1S/C11H10O7S2.2Na/c1-6-10(18-19(13)14)5-7-4-8(20(15,16)17)2-3-9(7)11(6)12;;/h2-5,12H,1H3,(H,13,14)(H,15,16,17);;/q;2*+1/p-2. The molecule has 2 aromatic rings. The maximum Gasteiger partial charge on any atom is 1.00 e. The maximum atomic E-state index is 10.9. The van der Waals surface area contributed by atoms with Crippen molar-refractivity contribution in [2.24, 2.45) is 0 Å². The monoisotopic (exact) mass is 362 g/mol. The fraction of sp³-hybridized carbons (Fsp3) is 0.0909. The summed E-state index contributed by atoms with van der Waals surface area (Å²) in [5.74, 6) is -0.401. The molecule has 0 fully saturated rings. The number of aromatic hydroxyl groups is 1. The van der Waals surface area contributed by atoms with Gasteiger partial charge < -0.3 is 18.4 Å². The molecule has 1 atom stereocenters. The molecule has 0 aliphatic heterocycles. The molecule has 0 amide bonds. The van der Waals surface area contributed by atoms with Crippen molar-refractivity contribution >= 4 is 32.3 Å². The summed E-state index contributed by atoms with van der Waals surface area (Å²) in [4.78, 5) is -0.484. The quantitative estimate of drug-likeness (QED) is 0.329. The van der Waals surface area contributed by atoms with E-state index in [0.717, 1.165) is 12.1 Å². The molecule has 7 nitrogen and oxygen atoms in total. The van der Waals surface area contributed by atoms with E-state index >= 15 is 0 Å². The van der Waals surface area contributed by atoms with E-state index in [1.807, 2.05) is 0 Å². The average Bonchev–Trinajstić information content (AvgIpc) is 2.33. The van der Waals surface area contributed by atoms with Gasteiger partial charge in [0.2, 0.25) is 0 Å². The predicted octanol–water partition coefficient (Wildman–Crippen LogP) is -5.06. The van der Waals surface area contributed by atoms with Gasteiger partial charge in [0.25, 0.3) is 0 Å². The predicted molar refractivity (Wildman–Crippen MR) is 67.9 cm³/mol. The SMILES string of the molecule is Cc1c(OS(=O)[O-])cc2cc(S(=O)(=O)[O-])ccc2c1O.[Na+].[Na+]. The molecular weight excluding hydrogens is 354 g/mol. The van der Waals surface area contributed by atoms with Crippen LogP contribution in [-0.2, 0) is 21.5 Å². The van der Waals surface area contributed by atoms with Crippen molar-refractivity contribution in [1.82, 2.24) is 0 Å². The topological polar surface area (TPSA) is 127 Å². The fourth-order valence-corrected chi connectivity index (χ4v) is 2.59. The van der Waals surface area contributed by atoms with Crippen LogP contribution in [-0.4, -0.2) is 26.8 Å². The second-order valence-electron chi connectivity index (χ2n) is 3.97. The number of phenols is 1. The van der Waals surface area contributed by atoms with E-state index < -0.39 is 26.4 Å². The van der Waals surface area contributed by atoms with E-state index in [1.54, 1.807) is 0 Å². The minimum absolute atomic E-state index is 0. The van der Waals surface area contributed by atoms with Gasteiger partial charge in [0.1, 0.15) is 33.0 Å². The van der Waals surface area contributed by atoms with Crippen LogP contribution in [0.2, 0.25) is 0 Å². The van der Waals surface area contributed by atoms with Crippen molar-refractivity contribution in [1.29, 1.82) is 0 Å². The largest absolute Gasteiger partial charge is 1.00 e. The summed E-state index contributed by atoms with van der Waals surface area (Å²) in [6.45, 7) is 1.44. The summed E-state index contributed by atoms with van der Waals surface area (Å²) in [7, 11) is -4.65. The molecule has 0 heterocycles. The Morgan fingerprint density at radius 1 is 1.23 bits per heavy atom. The zero-order chi connectivity index (χ0) is 15.1. The second-order valence-corrected chi connectivity index (χ2v) is 5.93. The van der Waals surface area contributed by atoms with E-state index in [-0.39, 0.29) is 86.9 Å². The number of phenolic OH excluding ortho intramolecular Hbond substituents is 1. The molecule has 2 aromatic carbocycles. The molecule has 0 aliphatic rings. The molecule has 0 radical (unpaired) electrons. The van der Waals surface area contributed by atoms with Crippen molar-refractivity contribution < 1.29 is 90.1 Å². The first-order valence-electron chi connectivity index (χ1n) is 5.20. The smallest absolute Gasteiger partial charge is 0.744 e.